The molecule has 0 saturated heterocycles. The first-order valence-electron chi connectivity index (χ1n) is 9.93. The van der Waals surface area contributed by atoms with Crippen LogP contribution in [0, 0.1) is 19.8 Å². The van der Waals surface area contributed by atoms with E-state index in [0.29, 0.717) is 19.1 Å². The van der Waals surface area contributed by atoms with Crippen LogP contribution in [0.4, 0.5) is 5.69 Å². The first-order chi connectivity index (χ1) is 12.2. The van der Waals surface area contributed by atoms with Crippen molar-refractivity contribution < 1.29 is 14.3 Å². The lowest BCUT2D eigenvalue weighted by molar-refractivity contribution is -0.140. The number of rotatable bonds is 11. The number of nitrogens with one attached hydrogen (secondary N) is 1. The number of hydrogen-bond acceptors (Lipinski definition) is 3. The molecule has 0 bridgehead atoms. The third-order valence-corrected chi connectivity index (χ3v) is 4.39. The second-order valence-electron chi connectivity index (χ2n) is 7.78. The summed E-state index contributed by atoms with van der Waals surface area (Å²) in [5.74, 6) is 1.31. The van der Waals surface area contributed by atoms with Crippen molar-refractivity contribution in [2.75, 3.05) is 18.5 Å². The first kappa shape index (κ1) is 22.5. The molecule has 1 N–H and O–H groups in total. The molecule has 26 heavy (non-hydrogen) atoms. The van der Waals surface area contributed by atoms with E-state index in [9.17, 15) is 4.79 Å². The van der Waals surface area contributed by atoms with Gasteiger partial charge in [-0.05, 0) is 62.8 Å². The Morgan fingerprint density at radius 2 is 1.77 bits per heavy atom. The summed E-state index contributed by atoms with van der Waals surface area (Å²) >= 11 is 0. The average Bonchev–Trinajstić information content (AvgIpc) is 2.57. The fraction of sp³-hybridized carbons (Fsp3) is 0.682. The van der Waals surface area contributed by atoms with Gasteiger partial charge in [0.15, 0.2) is 0 Å². The topological polar surface area (TPSA) is 47.6 Å². The summed E-state index contributed by atoms with van der Waals surface area (Å²) in [6.07, 6.45) is 3.63. The smallest absolute Gasteiger partial charge is 0.256 e. The average molecular weight is 364 g/mol. The van der Waals surface area contributed by atoms with Crippen molar-refractivity contribution in [2.45, 2.75) is 79.8 Å². The fourth-order valence-electron chi connectivity index (χ4n) is 2.86. The number of ether oxygens (including phenoxy) is 2. The minimum absolute atomic E-state index is 0.0750. The molecule has 0 aromatic heterocycles. The van der Waals surface area contributed by atoms with Crippen LogP contribution in [0.15, 0.2) is 12.1 Å². The molecule has 0 fully saturated rings. The number of anilines is 1. The van der Waals surface area contributed by atoms with Crippen molar-refractivity contribution in [2.24, 2.45) is 5.92 Å². The summed E-state index contributed by atoms with van der Waals surface area (Å²) in [6.45, 7) is 15.7. The third kappa shape index (κ3) is 6.64. The molecule has 148 valence electrons. The summed E-state index contributed by atoms with van der Waals surface area (Å²) < 4.78 is 11.9. The first-order valence-corrected chi connectivity index (χ1v) is 9.93. The minimum Gasteiger partial charge on any atom is -0.493 e. The normalized spacial score (nSPS) is 13.5. The van der Waals surface area contributed by atoms with Crippen LogP contribution >= 0.6 is 0 Å². The molecule has 1 atom stereocenters. The zero-order valence-electron chi connectivity index (χ0n) is 17.7. The van der Waals surface area contributed by atoms with Crippen molar-refractivity contribution in [3.05, 3.63) is 23.3 Å². The molecule has 0 radical (unpaired) electrons. The SMILES string of the molecule is CCCC[C@](C)(OCCC)C(=O)Nc1cc(C)c(OCC(C)C)c(C)c1. The summed E-state index contributed by atoms with van der Waals surface area (Å²) in [5.41, 5.74) is 2.07. The highest BCUT2D eigenvalue weighted by molar-refractivity contribution is 5.97. The van der Waals surface area contributed by atoms with E-state index in [1.165, 1.54) is 0 Å². The molecule has 1 aromatic rings. The Balaban J connectivity index is 2.92. The van der Waals surface area contributed by atoms with Crippen LogP contribution < -0.4 is 10.1 Å². The maximum Gasteiger partial charge on any atom is 0.256 e. The molecule has 0 aliphatic heterocycles. The van der Waals surface area contributed by atoms with E-state index in [4.69, 9.17) is 9.47 Å². The van der Waals surface area contributed by atoms with Gasteiger partial charge in [0.1, 0.15) is 11.4 Å². The number of hydrogen-bond donors (Lipinski definition) is 1. The lowest BCUT2D eigenvalue weighted by Gasteiger charge is -2.29. The zero-order valence-corrected chi connectivity index (χ0v) is 17.7. The van der Waals surface area contributed by atoms with Gasteiger partial charge in [0.25, 0.3) is 5.91 Å². The summed E-state index contributed by atoms with van der Waals surface area (Å²) in [5, 5.41) is 3.05. The van der Waals surface area contributed by atoms with Crippen molar-refractivity contribution in [3.63, 3.8) is 0 Å². The monoisotopic (exact) mass is 363 g/mol. The summed E-state index contributed by atoms with van der Waals surface area (Å²) in [7, 11) is 0. The van der Waals surface area contributed by atoms with E-state index in [1.54, 1.807) is 0 Å². The minimum atomic E-state index is -0.791. The highest BCUT2D eigenvalue weighted by atomic mass is 16.5. The number of benzene rings is 1. The predicted octanol–water partition coefficient (Wildman–Crippen LogP) is 5.65. The van der Waals surface area contributed by atoms with Gasteiger partial charge in [-0.25, -0.2) is 0 Å². The fourth-order valence-corrected chi connectivity index (χ4v) is 2.86. The maximum absolute atomic E-state index is 12.9. The van der Waals surface area contributed by atoms with Gasteiger partial charge in [-0.2, -0.15) is 0 Å². The van der Waals surface area contributed by atoms with Crippen LogP contribution in [0.1, 0.15) is 71.4 Å². The molecule has 1 rings (SSSR count). The van der Waals surface area contributed by atoms with E-state index in [-0.39, 0.29) is 5.91 Å². The molecule has 0 aliphatic rings. The van der Waals surface area contributed by atoms with Crippen molar-refractivity contribution in [1.29, 1.82) is 0 Å². The number of carbonyl (C=O) groups excluding carboxylic acids is 1. The second-order valence-corrected chi connectivity index (χ2v) is 7.78. The Bertz CT molecular complexity index is 550. The van der Waals surface area contributed by atoms with Crippen molar-refractivity contribution in [1.82, 2.24) is 0 Å². The molecule has 4 heteroatoms. The molecule has 0 aliphatic carbocycles. The van der Waals surface area contributed by atoms with E-state index < -0.39 is 5.60 Å². The van der Waals surface area contributed by atoms with Crippen LogP contribution in [-0.2, 0) is 9.53 Å². The van der Waals surface area contributed by atoms with Gasteiger partial charge in [-0.15, -0.1) is 0 Å². The molecule has 4 nitrogen and oxygen atoms in total. The number of amides is 1. The van der Waals surface area contributed by atoms with Crippen LogP contribution in [0.5, 0.6) is 5.75 Å². The molecule has 1 aromatic carbocycles. The van der Waals surface area contributed by atoms with Crippen LogP contribution in [-0.4, -0.2) is 24.7 Å². The second kappa shape index (κ2) is 10.6. The maximum atomic E-state index is 12.9. The van der Waals surface area contributed by atoms with Gasteiger partial charge >= 0.3 is 0 Å². The lowest BCUT2D eigenvalue weighted by Crippen LogP contribution is -2.43. The highest BCUT2D eigenvalue weighted by Crippen LogP contribution is 2.29. The Morgan fingerprint density at radius 3 is 2.27 bits per heavy atom. The van der Waals surface area contributed by atoms with Gasteiger partial charge in [0.05, 0.1) is 6.61 Å². The molecule has 0 heterocycles. The van der Waals surface area contributed by atoms with Gasteiger partial charge in [-0.3, -0.25) is 4.79 Å². The van der Waals surface area contributed by atoms with Gasteiger partial charge in [0.2, 0.25) is 0 Å². The molecule has 0 spiro atoms. The van der Waals surface area contributed by atoms with Crippen LogP contribution in [0.25, 0.3) is 0 Å². The van der Waals surface area contributed by atoms with E-state index in [0.717, 1.165) is 48.2 Å². The Kier molecular flexibility index (Phi) is 9.14. The molecule has 0 saturated carbocycles. The zero-order chi connectivity index (χ0) is 19.7. The Morgan fingerprint density at radius 1 is 1.15 bits per heavy atom. The largest absolute Gasteiger partial charge is 0.493 e. The Hall–Kier alpha value is -1.55. The summed E-state index contributed by atoms with van der Waals surface area (Å²) in [4.78, 5) is 12.9. The van der Waals surface area contributed by atoms with Crippen LogP contribution in [0.3, 0.4) is 0 Å². The predicted molar refractivity (Wildman–Crippen MR) is 109 cm³/mol. The number of aryl methyl sites for hydroxylation is 2. The van der Waals surface area contributed by atoms with Crippen LogP contribution in [0.2, 0.25) is 0 Å². The number of unbranched alkanes of at least 4 members (excludes halogenated alkanes) is 1. The lowest BCUT2D eigenvalue weighted by atomic mass is 9.97. The van der Waals surface area contributed by atoms with E-state index in [1.807, 2.05) is 32.9 Å². The summed E-state index contributed by atoms with van der Waals surface area (Å²) in [6, 6.07) is 3.95. The Labute approximate surface area is 159 Å². The standard InChI is InChI=1S/C22H37NO3/c1-8-10-11-22(7,26-12-9-2)21(24)23-19-13-17(5)20(18(6)14-19)25-15-16(3)4/h13-14,16H,8-12,15H2,1-7H3,(H,23,24)/t22-/m0/s1. The highest BCUT2D eigenvalue weighted by Gasteiger charge is 2.33. The molecule has 1 amide bonds. The van der Waals surface area contributed by atoms with Crippen molar-refractivity contribution in [3.8, 4) is 5.75 Å². The van der Waals surface area contributed by atoms with Crippen molar-refractivity contribution >= 4 is 11.6 Å². The van der Waals surface area contributed by atoms with E-state index in [2.05, 4.69) is 33.0 Å². The molecule has 0 unspecified atom stereocenters. The van der Waals surface area contributed by atoms with Gasteiger partial charge in [-0.1, -0.05) is 40.5 Å². The van der Waals surface area contributed by atoms with Gasteiger partial charge < -0.3 is 14.8 Å². The molecular weight excluding hydrogens is 326 g/mol. The third-order valence-electron chi connectivity index (χ3n) is 4.39. The quantitative estimate of drug-likeness (QED) is 0.552. The van der Waals surface area contributed by atoms with E-state index >= 15 is 0 Å². The number of carbonyl (C=O) groups is 1. The van der Waals surface area contributed by atoms with Gasteiger partial charge in [0, 0.05) is 12.3 Å². The molecular formula is C22H37NO3.